The molecule has 7 heteroatoms. The molecule has 2 heterocycles. The smallest absolute Gasteiger partial charge is 0.214 e. The summed E-state index contributed by atoms with van der Waals surface area (Å²) in [6.07, 6.45) is 0. The second-order valence-corrected chi connectivity index (χ2v) is 6.39. The molecule has 0 amide bonds. The maximum Gasteiger partial charge on any atom is 0.214 e. The highest BCUT2D eigenvalue weighted by molar-refractivity contribution is 5.91. The van der Waals surface area contributed by atoms with Gasteiger partial charge in [0.2, 0.25) is 16.9 Å². The van der Waals surface area contributed by atoms with E-state index < -0.39 is 0 Å². The first-order valence-electron chi connectivity index (χ1n) is 8.11. The number of aryl methyl sites for hydroxylation is 2. The molecule has 2 aromatic heterocycles. The third-order valence-electron chi connectivity index (χ3n) is 4.43. The molecular formula is C19H19ClN6. The topological polar surface area (TPSA) is 58.7 Å². The highest BCUT2D eigenvalue weighted by Gasteiger charge is 2.15. The molecule has 0 aliphatic carbocycles. The maximum absolute atomic E-state index is 4.15. The zero-order chi connectivity index (χ0) is 17.6. The summed E-state index contributed by atoms with van der Waals surface area (Å²) in [5.41, 5.74) is 4.38. The Morgan fingerprint density at radius 3 is 2.08 bits per heavy atom. The van der Waals surface area contributed by atoms with E-state index in [1.807, 2.05) is 6.07 Å². The molecule has 0 N–H and O–H groups in total. The van der Waals surface area contributed by atoms with Crippen LogP contribution in [0.1, 0.15) is 5.82 Å². The molecule has 0 atom stereocenters. The van der Waals surface area contributed by atoms with Gasteiger partial charge in [-0.25, -0.2) is 0 Å². The summed E-state index contributed by atoms with van der Waals surface area (Å²) in [6, 6.07) is 14.9. The van der Waals surface area contributed by atoms with Gasteiger partial charge in [0, 0.05) is 48.3 Å². The van der Waals surface area contributed by atoms with Gasteiger partial charge in [-0.2, -0.15) is 4.57 Å². The van der Waals surface area contributed by atoms with E-state index in [0.717, 1.165) is 11.1 Å². The lowest BCUT2D eigenvalue weighted by molar-refractivity contribution is -0.617. The van der Waals surface area contributed by atoms with Gasteiger partial charge in [-0.15, -0.1) is 20.4 Å². The van der Waals surface area contributed by atoms with Crippen LogP contribution in [0.25, 0.3) is 33.2 Å². The van der Waals surface area contributed by atoms with Gasteiger partial charge in [-0.3, -0.25) is 0 Å². The molecule has 0 unspecified atom stereocenters. The van der Waals surface area contributed by atoms with Crippen LogP contribution in [0.4, 0.5) is 5.69 Å². The molecular weight excluding hydrogens is 348 g/mol. The minimum Gasteiger partial charge on any atom is -1.00 e. The summed E-state index contributed by atoms with van der Waals surface area (Å²) in [4.78, 5) is 2.11. The second-order valence-electron chi connectivity index (χ2n) is 6.39. The minimum absolute atomic E-state index is 0. The molecule has 0 saturated heterocycles. The predicted octanol–water partition coefficient (Wildman–Crippen LogP) is -0.557. The van der Waals surface area contributed by atoms with Gasteiger partial charge in [0.15, 0.2) is 5.82 Å². The number of rotatable bonds is 2. The molecule has 26 heavy (non-hydrogen) atoms. The van der Waals surface area contributed by atoms with Crippen LogP contribution in [-0.4, -0.2) is 34.5 Å². The van der Waals surface area contributed by atoms with Gasteiger partial charge in [0.1, 0.15) is 7.05 Å². The number of aromatic nitrogens is 5. The van der Waals surface area contributed by atoms with Gasteiger partial charge in [0.25, 0.3) is 0 Å². The molecule has 0 bridgehead atoms. The standard InChI is InChI=1S/C19H19N6.ClH/c1-12-20-22-19(23-21-12)15-6-5-13-9-14-7-8-16(24(2)3)11-18(14)25(4)17(13)10-15;/h5-11H,1-4H3;1H/q+1;/p-1. The van der Waals surface area contributed by atoms with Gasteiger partial charge in [0.05, 0.1) is 0 Å². The van der Waals surface area contributed by atoms with Crippen molar-refractivity contribution in [3.05, 3.63) is 48.3 Å². The van der Waals surface area contributed by atoms with E-state index in [1.165, 1.54) is 22.0 Å². The lowest BCUT2D eigenvalue weighted by atomic mass is 10.1. The van der Waals surface area contributed by atoms with Crippen LogP contribution in [0.5, 0.6) is 0 Å². The van der Waals surface area contributed by atoms with Gasteiger partial charge < -0.3 is 17.3 Å². The first kappa shape index (κ1) is 17.9. The third-order valence-corrected chi connectivity index (χ3v) is 4.43. The summed E-state index contributed by atoms with van der Waals surface area (Å²) in [6.45, 7) is 1.78. The summed E-state index contributed by atoms with van der Waals surface area (Å²) < 4.78 is 2.20. The van der Waals surface area contributed by atoms with E-state index in [1.54, 1.807) is 6.92 Å². The van der Waals surface area contributed by atoms with Crippen LogP contribution in [-0.2, 0) is 7.05 Å². The summed E-state index contributed by atoms with van der Waals surface area (Å²) >= 11 is 0. The normalized spacial score (nSPS) is 10.8. The van der Waals surface area contributed by atoms with Crippen molar-refractivity contribution < 1.29 is 17.0 Å². The fourth-order valence-corrected chi connectivity index (χ4v) is 3.01. The first-order valence-corrected chi connectivity index (χ1v) is 8.11. The number of hydrogen-bond donors (Lipinski definition) is 0. The van der Waals surface area contributed by atoms with Crippen molar-refractivity contribution in [2.45, 2.75) is 6.92 Å². The molecule has 0 radical (unpaired) electrons. The number of hydrogen-bond acceptors (Lipinski definition) is 5. The average molecular weight is 367 g/mol. The fraction of sp³-hybridized carbons (Fsp3) is 0.211. The summed E-state index contributed by atoms with van der Waals surface area (Å²) in [5, 5.41) is 18.7. The predicted molar refractivity (Wildman–Crippen MR) is 98.3 cm³/mol. The largest absolute Gasteiger partial charge is 1.00 e. The Morgan fingerprint density at radius 1 is 0.808 bits per heavy atom. The van der Waals surface area contributed by atoms with Crippen molar-refractivity contribution in [3.8, 4) is 11.4 Å². The second kappa shape index (κ2) is 6.80. The van der Waals surface area contributed by atoms with Crippen molar-refractivity contribution in [1.82, 2.24) is 20.4 Å². The van der Waals surface area contributed by atoms with Crippen LogP contribution in [0.3, 0.4) is 0 Å². The SMILES string of the molecule is Cc1nnc(-c2ccc3cc4ccc(N(C)C)cc4[n+](C)c3c2)nn1.[Cl-]. The number of fused-ring (bicyclic) bond motifs is 2. The van der Waals surface area contributed by atoms with Crippen molar-refractivity contribution in [2.24, 2.45) is 7.05 Å². The quantitative estimate of drug-likeness (QED) is 0.352. The number of nitrogens with zero attached hydrogens (tertiary/aromatic N) is 6. The van der Waals surface area contributed by atoms with Crippen LogP contribution in [0.15, 0.2) is 42.5 Å². The first-order chi connectivity index (χ1) is 12.0. The van der Waals surface area contributed by atoms with E-state index in [2.05, 4.69) is 87.4 Å². The molecule has 132 valence electrons. The number of pyridine rings is 1. The fourth-order valence-electron chi connectivity index (χ4n) is 3.01. The van der Waals surface area contributed by atoms with Crippen LogP contribution < -0.4 is 21.9 Å². The molecule has 2 aromatic carbocycles. The highest BCUT2D eigenvalue weighted by atomic mass is 35.5. The molecule has 0 spiro atoms. The molecule has 6 nitrogen and oxygen atoms in total. The lowest BCUT2D eigenvalue weighted by Gasteiger charge is -2.12. The Balaban J connectivity index is 0.00000196. The maximum atomic E-state index is 4.15. The molecule has 0 fully saturated rings. The Bertz CT molecular complexity index is 1090. The van der Waals surface area contributed by atoms with E-state index >= 15 is 0 Å². The van der Waals surface area contributed by atoms with Crippen molar-refractivity contribution in [1.29, 1.82) is 0 Å². The molecule has 4 aromatic rings. The van der Waals surface area contributed by atoms with E-state index in [4.69, 9.17) is 0 Å². The van der Waals surface area contributed by atoms with Gasteiger partial charge >= 0.3 is 0 Å². The highest BCUT2D eigenvalue weighted by Crippen LogP contribution is 2.24. The van der Waals surface area contributed by atoms with Crippen LogP contribution >= 0.6 is 0 Å². The average Bonchev–Trinajstić information content (AvgIpc) is 2.62. The molecule has 4 rings (SSSR count). The van der Waals surface area contributed by atoms with E-state index in [9.17, 15) is 0 Å². The summed E-state index contributed by atoms with van der Waals surface area (Å²) in [7, 11) is 6.19. The number of anilines is 1. The van der Waals surface area contributed by atoms with E-state index in [-0.39, 0.29) is 12.4 Å². The number of halogens is 1. The lowest BCUT2D eigenvalue weighted by Crippen LogP contribution is -3.00. The zero-order valence-electron chi connectivity index (χ0n) is 15.1. The Labute approximate surface area is 157 Å². The molecule has 0 aliphatic rings. The van der Waals surface area contributed by atoms with Crippen LogP contribution in [0.2, 0.25) is 0 Å². The van der Waals surface area contributed by atoms with Crippen molar-refractivity contribution >= 4 is 27.5 Å². The number of benzene rings is 2. The zero-order valence-corrected chi connectivity index (χ0v) is 15.9. The Kier molecular flexibility index (Phi) is 4.70. The minimum atomic E-state index is 0. The Morgan fingerprint density at radius 2 is 1.42 bits per heavy atom. The Hall–Kier alpha value is -2.86. The monoisotopic (exact) mass is 366 g/mol. The molecule has 0 aliphatic heterocycles. The van der Waals surface area contributed by atoms with Gasteiger partial charge in [-0.1, -0.05) is 0 Å². The summed E-state index contributed by atoms with van der Waals surface area (Å²) in [5.74, 6) is 1.10. The van der Waals surface area contributed by atoms with E-state index in [0.29, 0.717) is 11.6 Å². The third kappa shape index (κ3) is 3.04. The van der Waals surface area contributed by atoms with Crippen molar-refractivity contribution in [3.63, 3.8) is 0 Å². The van der Waals surface area contributed by atoms with Gasteiger partial charge in [-0.05, 0) is 37.3 Å². The van der Waals surface area contributed by atoms with Crippen LogP contribution in [0, 0.1) is 6.92 Å². The molecule has 0 saturated carbocycles. The van der Waals surface area contributed by atoms with Crippen molar-refractivity contribution in [2.75, 3.05) is 19.0 Å².